The van der Waals surface area contributed by atoms with Crippen molar-refractivity contribution in [2.24, 2.45) is 5.10 Å². The molecule has 0 atom stereocenters. The second-order valence-electron chi connectivity index (χ2n) is 8.45. The molecule has 0 saturated carbocycles. The molecule has 38 heavy (non-hydrogen) atoms. The van der Waals surface area contributed by atoms with Gasteiger partial charge in [0.1, 0.15) is 18.9 Å². The van der Waals surface area contributed by atoms with Gasteiger partial charge in [-0.2, -0.15) is 5.10 Å². The van der Waals surface area contributed by atoms with E-state index in [1.807, 2.05) is 73.7 Å². The number of anilines is 1. The predicted molar refractivity (Wildman–Crippen MR) is 150 cm³/mol. The lowest BCUT2D eigenvalue weighted by Crippen LogP contribution is -2.39. The number of ether oxygens (including phenoxy) is 1. The van der Waals surface area contributed by atoms with Crippen LogP contribution in [0.4, 0.5) is 5.69 Å². The minimum atomic E-state index is -3.99. The molecule has 0 heterocycles. The van der Waals surface area contributed by atoms with E-state index in [4.69, 9.17) is 4.74 Å². The van der Waals surface area contributed by atoms with Gasteiger partial charge in [-0.1, -0.05) is 79.7 Å². The quantitative estimate of drug-likeness (QED) is 0.215. The maximum Gasteiger partial charge on any atom is 0.264 e. The summed E-state index contributed by atoms with van der Waals surface area (Å²) in [6, 6.07) is 32.3. The molecule has 0 radical (unpaired) electrons. The molecule has 1 N–H and O–H groups in total. The monoisotopic (exact) mass is 527 g/mol. The summed E-state index contributed by atoms with van der Waals surface area (Å²) in [7, 11) is -3.99. The maximum absolute atomic E-state index is 13.4. The molecule has 0 unspecified atom stereocenters. The van der Waals surface area contributed by atoms with Crippen LogP contribution in [0.15, 0.2) is 119 Å². The third-order valence-corrected chi connectivity index (χ3v) is 7.59. The maximum atomic E-state index is 13.4. The van der Waals surface area contributed by atoms with E-state index in [1.54, 1.807) is 30.3 Å². The Kier molecular flexibility index (Phi) is 8.89. The molecular weight excluding hydrogens is 498 g/mol. The van der Waals surface area contributed by atoms with Crippen LogP contribution in [0.1, 0.15) is 23.6 Å². The zero-order valence-electron chi connectivity index (χ0n) is 21.0. The largest absolute Gasteiger partial charge is 0.488 e. The lowest BCUT2D eigenvalue weighted by Gasteiger charge is -2.24. The Morgan fingerprint density at radius 2 is 1.47 bits per heavy atom. The van der Waals surface area contributed by atoms with E-state index in [-0.39, 0.29) is 4.90 Å². The Bertz CT molecular complexity index is 1470. The molecular formula is C30H29N3O4S. The number of hydrogen-bond donors (Lipinski definition) is 1. The number of hydrogen-bond acceptors (Lipinski definition) is 5. The molecule has 0 bridgehead atoms. The van der Waals surface area contributed by atoms with Crippen LogP contribution in [0.5, 0.6) is 5.75 Å². The molecule has 0 aromatic heterocycles. The van der Waals surface area contributed by atoms with E-state index in [0.717, 1.165) is 21.9 Å². The van der Waals surface area contributed by atoms with Crippen LogP contribution in [-0.4, -0.2) is 27.1 Å². The summed E-state index contributed by atoms with van der Waals surface area (Å²) in [6.07, 6.45) is 2.29. The summed E-state index contributed by atoms with van der Waals surface area (Å²) in [6.45, 7) is 1.97. The Labute approximate surface area is 223 Å². The van der Waals surface area contributed by atoms with Crippen LogP contribution in [0.2, 0.25) is 0 Å². The summed E-state index contributed by atoms with van der Waals surface area (Å²) in [5, 5.41) is 4.06. The fourth-order valence-corrected chi connectivity index (χ4v) is 5.17. The fraction of sp³-hybridized carbons (Fsp3) is 0.133. The van der Waals surface area contributed by atoms with Crippen LogP contribution < -0.4 is 14.5 Å². The highest BCUT2D eigenvalue weighted by Crippen LogP contribution is 2.24. The average molecular weight is 528 g/mol. The Morgan fingerprint density at radius 3 is 2.16 bits per heavy atom. The van der Waals surface area contributed by atoms with E-state index in [9.17, 15) is 13.2 Å². The number of aryl methyl sites for hydroxylation is 1. The highest BCUT2D eigenvalue weighted by molar-refractivity contribution is 7.92. The highest BCUT2D eigenvalue weighted by Gasteiger charge is 2.27. The van der Waals surface area contributed by atoms with E-state index < -0.39 is 22.5 Å². The van der Waals surface area contributed by atoms with Crippen molar-refractivity contribution in [3.63, 3.8) is 0 Å². The molecule has 1 amide bonds. The number of benzene rings is 4. The fourth-order valence-electron chi connectivity index (χ4n) is 3.73. The normalized spacial score (nSPS) is 11.3. The Balaban J connectivity index is 1.48. The summed E-state index contributed by atoms with van der Waals surface area (Å²) in [5.74, 6) is 0.0293. The van der Waals surface area contributed by atoms with Gasteiger partial charge in [0.25, 0.3) is 15.9 Å². The SMILES string of the molecule is CCc1ccc(N(CC(=O)N/N=C\c2ccccc2OCc2ccccc2)S(=O)(=O)c2ccccc2)cc1. The van der Waals surface area contributed by atoms with Crippen LogP contribution in [0.3, 0.4) is 0 Å². The number of nitrogens with one attached hydrogen (secondary N) is 1. The molecule has 4 aromatic rings. The van der Waals surface area contributed by atoms with Crippen molar-refractivity contribution in [1.29, 1.82) is 0 Å². The number of sulfonamides is 1. The first-order valence-corrected chi connectivity index (χ1v) is 13.7. The molecule has 7 nitrogen and oxygen atoms in total. The smallest absolute Gasteiger partial charge is 0.264 e. The van der Waals surface area contributed by atoms with Gasteiger partial charge >= 0.3 is 0 Å². The van der Waals surface area contributed by atoms with Gasteiger partial charge < -0.3 is 4.74 Å². The van der Waals surface area contributed by atoms with Gasteiger partial charge in [0.2, 0.25) is 0 Å². The average Bonchev–Trinajstić information content (AvgIpc) is 2.96. The first-order chi connectivity index (χ1) is 18.5. The molecule has 0 spiro atoms. The van der Waals surface area contributed by atoms with Gasteiger partial charge in [0.15, 0.2) is 0 Å². The minimum absolute atomic E-state index is 0.0976. The number of hydrazone groups is 1. The van der Waals surface area contributed by atoms with Gasteiger partial charge in [-0.05, 0) is 53.9 Å². The summed E-state index contributed by atoms with van der Waals surface area (Å²) >= 11 is 0. The third-order valence-electron chi connectivity index (χ3n) is 5.80. The van der Waals surface area contributed by atoms with E-state index >= 15 is 0 Å². The second-order valence-corrected chi connectivity index (χ2v) is 10.3. The topological polar surface area (TPSA) is 88.1 Å². The zero-order valence-corrected chi connectivity index (χ0v) is 21.8. The standard InChI is InChI=1S/C30H29N3O4S/c1-2-24-17-19-27(20-18-24)33(38(35,36)28-14-7-4-8-15-28)22-30(34)32-31-21-26-13-9-10-16-29(26)37-23-25-11-5-3-6-12-25/h3-21H,2,22-23H2,1H3,(H,32,34)/b31-21-. The van der Waals surface area contributed by atoms with Crippen molar-refractivity contribution < 1.29 is 17.9 Å². The lowest BCUT2D eigenvalue weighted by atomic mass is 10.1. The van der Waals surface area contributed by atoms with Crippen molar-refractivity contribution >= 4 is 27.8 Å². The van der Waals surface area contributed by atoms with Crippen molar-refractivity contribution in [2.45, 2.75) is 24.8 Å². The van der Waals surface area contributed by atoms with Gasteiger partial charge in [0.05, 0.1) is 16.8 Å². The molecule has 0 aliphatic carbocycles. The van der Waals surface area contributed by atoms with Crippen LogP contribution >= 0.6 is 0 Å². The predicted octanol–water partition coefficient (Wildman–Crippen LogP) is 5.17. The minimum Gasteiger partial charge on any atom is -0.488 e. The summed E-state index contributed by atoms with van der Waals surface area (Å²) in [5.41, 5.74) is 5.60. The highest BCUT2D eigenvalue weighted by atomic mass is 32.2. The van der Waals surface area contributed by atoms with Crippen LogP contribution in [0, 0.1) is 0 Å². The van der Waals surface area contributed by atoms with Crippen molar-refractivity contribution in [3.05, 3.63) is 126 Å². The zero-order chi connectivity index (χ0) is 26.8. The number of nitrogens with zero attached hydrogens (tertiary/aromatic N) is 2. The molecule has 0 aliphatic rings. The Morgan fingerprint density at radius 1 is 0.842 bits per heavy atom. The number of amides is 1. The second kappa shape index (κ2) is 12.7. The molecule has 194 valence electrons. The molecule has 0 aliphatic heterocycles. The summed E-state index contributed by atoms with van der Waals surface area (Å²) in [4.78, 5) is 12.9. The van der Waals surface area contributed by atoms with Crippen LogP contribution in [0.25, 0.3) is 0 Å². The summed E-state index contributed by atoms with van der Waals surface area (Å²) < 4.78 is 33.9. The van der Waals surface area contributed by atoms with Gasteiger partial charge in [0, 0.05) is 5.56 Å². The van der Waals surface area contributed by atoms with E-state index in [1.165, 1.54) is 18.3 Å². The Hall–Kier alpha value is -4.43. The van der Waals surface area contributed by atoms with Gasteiger partial charge in [-0.15, -0.1) is 0 Å². The van der Waals surface area contributed by atoms with Gasteiger partial charge in [-0.3, -0.25) is 9.10 Å². The first kappa shape index (κ1) is 26.6. The van der Waals surface area contributed by atoms with Crippen molar-refractivity contribution in [2.75, 3.05) is 10.8 Å². The van der Waals surface area contributed by atoms with Crippen molar-refractivity contribution in [3.8, 4) is 5.75 Å². The third kappa shape index (κ3) is 6.86. The molecule has 0 saturated heterocycles. The lowest BCUT2D eigenvalue weighted by molar-refractivity contribution is -0.119. The first-order valence-electron chi connectivity index (χ1n) is 12.2. The van der Waals surface area contributed by atoms with Crippen LogP contribution in [-0.2, 0) is 27.8 Å². The molecule has 4 rings (SSSR count). The molecule has 0 fully saturated rings. The van der Waals surface area contributed by atoms with Gasteiger partial charge in [-0.25, -0.2) is 13.8 Å². The number of rotatable bonds is 11. The molecule has 4 aromatic carbocycles. The van der Waals surface area contributed by atoms with E-state index in [0.29, 0.717) is 23.6 Å². The number of para-hydroxylation sites is 1. The number of carbonyl (C=O) groups excluding carboxylic acids is 1. The molecule has 8 heteroatoms. The van der Waals surface area contributed by atoms with Crippen molar-refractivity contribution in [1.82, 2.24) is 5.43 Å². The van der Waals surface area contributed by atoms with E-state index in [2.05, 4.69) is 10.5 Å². The number of carbonyl (C=O) groups is 1.